The van der Waals surface area contributed by atoms with Gasteiger partial charge in [-0.25, -0.2) is 13.0 Å². The molecule has 0 heterocycles. The molecule has 4 rings (SSSR count). The summed E-state index contributed by atoms with van der Waals surface area (Å²) in [5.74, 6) is -2.54. The van der Waals surface area contributed by atoms with Crippen molar-refractivity contribution in [3.63, 3.8) is 0 Å². The van der Waals surface area contributed by atoms with E-state index in [2.05, 4.69) is 23.3 Å². The van der Waals surface area contributed by atoms with Gasteiger partial charge in [-0.2, -0.15) is 8.42 Å². The Labute approximate surface area is 218 Å². The molecule has 4 N–H and O–H groups in total. The van der Waals surface area contributed by atoms with E-state index in [0.29, 0.717) is 18.8 Å². The zero-order chi connectivity index (χ0) is 27.4. The molecule has 214 valence electrons. The number of aliphatic hydroxyl groups is 2. The van der Waals surface area contributed by atoms with Gasteiger partial charge in [-0.3, -0.25) is 9.35 Å². The molecule has 0 unspecified atom stereocenters. The second-order valence-electron chi connectivity index (χ2n) is 12.8. The lowest BCUT2D eigenvalue weighted by Gasteiger charge is -2.63. The number of carbonyl (C=O) groups excluding carboxylic acids is 1. The minimum atomic E-state index is -4.53. The van der Waals surface area contributed by atoms with E-state index in [1.165, 1.54) is 0 Å². The van der Waals surface area contributed by atoms with Crippen molar-refractivity contribution >= 4 is 16.3 Å². The Kier molecular flexibility index (Phi) is 8.07. The van der Waals surface area contributed by atoms with Crippen LogP contribution in [0.15, 0.2) is 0 Å². The van der Waals surface area contributed by atoms with Crippen molar-refractivity contribution in [2.24, 2.45) is 46.3 Å². The summed E-state index contributed by atoms with van der Waals surface area (Å²) in [6, 6.07) is 0. The van der Waals surface area contributed by atoms with Gasteiger partial charge < -0.3 is 15.5 Å². The maximum Gasteiger partial charge on any atom is 0.397 e. The van der Waals surface area contributed by atoms with Crippen molar-refractivity contribution in [2.45, 2.75) is 96.7 Å². The third-order valence-electron chi connectivity index (χ3n) is 10.9. The molecule has 11 heteroatoms. The number of amides is 1. The van der Waals surface area contributed by atoms with Crippen LogP contribution in [0.2, 0.25) is 0 Å². The molecular weight excluding hydrogens is 508 g/mol. The number of hydrogen-bond acceptors (Lipinski definition) is 6. The normalized spacial score (nSPS) is 43.8. The SMILES string of the molecule is C[C@H](CCC(=O)NCCOS(=O)(=O)O)[C@H]1CC[C@H]2[C@@H]3[C@@H](O)C[C@@H]4C[C@@H](O)C(F)(F)C[C@]4(C)[C@H]3CC[C@]12C. The van der Waals surface area contributed by atoms with Crippen LogP contribution in [0.4, 0.5) is 8.78 Å². The lowest BCUT2D eigenvalue weighted by Crippen LogP contribution is -2.62. The first-order valence-electron chi connectivity index (χ1n) is 13.7. The van der Waals surface area contributed by atoms with Crippen molar-refractivity contribution in [1.82, 2.24) is 5.32 Å². The zero-order valence-corrected chi connectivity index (χ0v) is 22.9. The van der Waals surface area contributed by atoms with E-state index in [0.717, 1.165) is 25.7 Å². The molecular formula is C26H43F2NO7S. The summed E-state index contributed by atoms with van der Waals surface area (Å²) in [5, 5.41) is 23.9. The fourth-order valence-corrected chi connectivity index (χ4v) is 9.48. The van der Waals surface area contributed by atoms with Gasteiger partial charge in [0, 0.05) is 19.4 Å². The molecule has 4 aliphatic rings. The van der Waals surface area contributed by atoms with Crippen molar-refractivity contribution in [3.05, 3.63) is 0 Å². The monoisotopic (exact) mass is 551 g/mol. The molecule has 37 heavy (non-hydrogen) atoms. The summed E-state index contributed by atoms with van der Waals surface area (Å²) < 4.78 is 63.3. The van der Waals surface area contributed by atoms with Crippen LogP contribution in [0.25, 0.3) is 0 Å². The molecule has 0 radical (unpaired) electrons. The molecule has 4 fully saturated rings. The highest BCUT2D eigenvalue weighted by Gasteiger charge is 2.66. The number of fused-ring (bicyclic) bond motifs is 5. The molecule has 0 spiro atoms. The Bertz CT molecular complexity index is 965. The van der Waals surface area contributed by atoms with Gasteiger partial charge in [0.2, 0.25) is 5.91 Å². The Balaban J connectivity index is 1.38. The van der Waals surface area contributed by atoms with Gasteiger partial charge in [0.1, 0.15) is 6.10 Å². The van der Waals surface area contributed by atoms with Crippen molar-refractivity contribution in [3.8, 4) is 0 Å². The molecule has 0 saturated heterocycles. The number of alkyl halides is 2. The van der Waals surface area contributed by atoms with Crippen LogP contribution >= 0.6 is 0 Å². The number of halogens is 2. The van der Waals surface area contributed by atoms with Crippen LogP contribution in [0.5, 0.6) is 0 Å². The molecule has 10 atom stereocenters. The highest BCUT2D eigenvalue weighted by Crippen LogP contribution is 2.69. The number of nitrogens with one attached hydrogen (secondary N) is 1. The first-order chi connectivity index (χ1) is 17.1. The van der Waals surface area contributed by atoms with Gasteiger partial charge in [0.25, 0.3) is 5.92 Å². The van der Waals surface area contributed by atoms with Gasteiger partial charge in [0.15, 0.2) is 0 Å². The van der Waals surface area contributed by atoms with Crippen LogP contribution in [-0.4, -0.2) is 60.4 Å². The number of rotatable bonds is 8. The quantitative estimate of drug-likeness (QED) is 0.268. The van der Waals surface area contributed by atoms with Crippen molar-refractivity contribution in [1.29, 1.82) is 0 Å². The minimum Gasteiger partial charge on any atom is -0.393 e. The smallest absolute Gasteiger partial charge is 0.393 e. The minimum absolute atomic E-state index is 0.0162. The molecule has 0 bridgehead atoms. The highest BCUT2D eigenvalue weighted by molar-refractivity contribution is 7.80. The van der Waals surface area contributed by atoms with Crippen LogP contribution in [0, 0.1) is 46.3 Å². The Morgan fingerprint density at radius 2 is 1.78 bits per heavy atom. The fourth-order valence-electron chi connectivity index (χ4n) is 9.19. The van der Waals surface area contributed by atoms with Gasteiger partial charge in [-0.15, -0.1) is 0 Å². The molecule has 0 aromatic heterocycles. The molecule has 4 saturated carbocycles. The second kappa shape index (κ2) is 10.3. The maximum atomic E-state index is 14.7. The predicted octanol–water partition coefficient (Wildman–Crippen LogP) is 3.57. The lowest BCUT2D eigenvalue weighted by atomic mass is 9.43. The fraction of sp³-hybridized carbons (Fsp3) is 0.962. The molecule has 0 aromatic carbocycles. The Morgan fingerprint density at radius 3 is 2.46 bits per heavy atom. The van der Waals surface area contributed by atoms with Crippen LogP contribution in [0.1, 0.15) is 78.6 Å². The predicted molar refractivity (Wildman–Crippen MR) is 132 cm³/mol. The maximum absolute atomic E-state index is 14.7. The summed E-state index contributed by atoms with van der Waals surface area (Å²) in [6.07, 6.45) is 2.63. The Hall–Kier alpha value is -0.880. The van der Waals surface area contributed by atoms with E-state index in [9.17, 15) is 32.2 Å². The largest absolute Gasteiger partial charge is 0.397 e. The summed E-state index contributed by atoms with van der Waals surface area (Å²) in [5.41, 5.74) is -0.615. The third kappa shape index (κ3) is 5.58. The van der Waals surface area contributed by atoms with E-state index < -0.39 is 33.9 Å². The molecule has 0 aromatic rings. The topological polar surface area (TPSA) is 133 Å². The average Bonchev–Trinajstić information content (AvgIpc) is 3.13. The molecule has 4 aliphatic carbocycles. The first kappa shape index (κ1) is 29.1. The van der Waals surface area contributed by atoms with Gasteiger partial charge in [-0.1, -0.05) is 20.8 Å². The third-order valence-corrected chi connectivity index (χ3v) is 11.4. The number of hydrogen-bond donors (Lipinski definition) is 4. The number of aliphatic hydroxyl groups excluding tert-OH is 2. The second-order valence-corrected chi connectivity index (χ2v) is 13.9. The van der Waals surface area contributed by atoms with E-state index in [1.807, 2.05) is 6.92 Å². The van der Waals surface area contributed by atoms with E-state index in [-0.39, 0.29) is 73.3 Å². The summed E-state index contributed by atoms with van der Waals surface area (Å²) >= 11 is 0. The van der Waals surface area contributed by atoms with Gasteiger partial charge >= 0.3 is 10.4 Å². The van der Waals surface area contributed by atoms with Gasteiger partial charge in [-0.05, 0) is 91.3 Å². The van der Waals surface area contributed by atoms with Crippen molar-refractivity contribution < 1.29 is 40.9 Å². The summed E-state index contributed by atoms with van der Waals surface area (Å²) in [4.78, 5) is 12.2. The molecule has 8 nitrogen and oxygen atoms in total. The summed E-state index contributed by atoms with van der Waals surface area (Å²) in [6.45, 7) is 6.05. The van der Waals surface area contributed by atoms with Crippen LogP contribution in [-0.2, 0) is 19.4 Å². The molecule has 0 aliphatic heterocycles. The summed E-state index contributed by atoms with van der Waals surface area (Å²) in [7, 11) is -4.53. The van der Waals surface area contributed by atoms with E-state index >= 15 is 0 Å². The number of carbonyl (C=O) groups is 1. The standard InChI is InChI=1S/C26H43F2NO7S/c1-15(4-7-22(32)29-10-11-36-37(33,34)35)17-5-6-18-23-19(8-9-24(17,18)2)25(3)14-26(27,28)21(31)13-16(25)12-20(23)30/h15-21,23,30-31H,4-14H2,1-3H3,(H,29,32)(H,33,34,35)/t15-,16-,17-,18+,19+,20+,21-,23+,24-,25+/m1/s1. The van der Waals surface area contributed by atoms with Crippen molar-refractivity contribution in [2.75, 3.05) is 13.2 Å². The first-order valence-corrected chi connectivity index (χ1v) is 15.1. The highest BCUT2D eigenvalue weighted by atomic mass is 32.3. The van der Waals surface area contributed by atoms with Crippen LogP contribution < -0.4 is 5.32 Å². The lowest BCUT2D eigenvalue weighted by molar-refractivity contribution is -0.236. The van der Waals surface area contributed by atoms with Crippen LogP contribution in [0.3, 0.4) is 0 Å². The van der Waals surface area contributed by atoms with Gasteiger partial charge in [0.05, 0.1) is 12.7 Å². The Morgan fingerprint density at radius 1 is 1.11 bits per heavy atom. The average molecular weight is 552 g/mol. The molecule has 1 amide bonds. The zero-order valence-electron chi connectivity index (χ0n) is 22.0. The van der Waals surface area contributed by atoms with E-state index in [1.54, 1.807) is 0 Å². The van der Waals surface area contributed by atoms with E-state index in [4.69, 9.17) is 4.55 Å².